The highest BCUT2D eigenvalue weighted by atomic mass is 32.2. The number of thioether (sulfide) groups is 1. The number of carbonyl (C=O) groups excluding carboxylic acids is 2. The number of esters is 1. The fourth-order valence-electron chi connectivity index (χ4n) is 5.25. The summed E-state index contributed by atoms with van der Waals surface area (Å²) in [6, 6.07) is 16.1. The number of benzene rings is 2. The van der Waals surface area contributed by atoms with E-state index in [0.29, 0.717) is 40.8 Å². The molecule has 5 rings (SSSR count). The van der Waals surface area contributed by atoms with Crippen LogP contribution in [0.4, 0.5) is 4.39 Å². The minimum atomic E-state index is -0.762. The van der Waals surface area contributed by atoms with Crippen LogP contribution in [0.3, 0.4) is 0 Å². The van der Waals surface area contributed by atoms with E-state index in [2.05, 4.69) is 34.2 Å². The minimum Gasteiger partial charge on any atom is -0.463 e. The molecule has 1 unspecified atom stereocenters. The maximum atomic E-state index is 15.1. The Morgan fingerprint density at radius 3 is 2.49 bits per heavy atom. The summed E-state index contributed by atoms with van der Waals surface area (Å²) in [5.74, 6) is -0.935. The van der Waals surface area contributed by atoms with Crippen LogP contribution in [-0.2, 0) is 20.7 Å². The van der Waals surface area contributed by atoms with Crippen LogP contribution in [-0.4, -0.2) is 71.1 Å². The number of nitrogens with zero attached hydrogens (tertiary/aromatic N) is 4. The summed E-state index contributed by atoms with van der Waals surface area (Å²) in [7, 11) is 0. The average Bonchev–Trinajstić information content (AvgIpc) is 3.34. The molecular formula is C30H33FN4O3S. The molecule has 204 valence electrons. The summed E-state index contributed by atoms with van der Waals surface area (Å²) in [5.41, 5.74) is 3.15. The first-order valence-corrected chi connectivity index (χ1v) is 14.2. The maximum Gasteiger partial charge on any atom is 0.338 e. The molecule has 1 amide bonds. The van der Waals surface area contributed by atoms with Crippen molar-refractivity contribution < 1.29 is 18.7 Å². The van der Waals surface area contributed by atoms with Gasteiger partial charge in [0.15, 0.2) is 5.17 Å². The number of carbonyl (C=O) groups is 2. The van der Waals surface area contributed by atoms with Crippen LogP contribution in [0.1, 0.15) is 37.4 Å². The van der Waals surface area contributed by atoms with Crippen molar-refractivity contribution in [2.75, 3.05) is 39.3 Å². The molecule has 3 heterocycles. The molecule has 3 aliphatic rings. The maximum absolute atomic E-state index is 15.1. The van der Waals surface area contributed by atoms with Gasteiger partial charge in [0.05, 0.1) is 30.3 Å². The van der Waals surface area contributed by atoms with Crippen molar-refractivity contribution in [3.05, 3.63) is 93.9 Å². The van der Waals surface area contributed by atoms with Crippen molar-refractivity contribution in [2.24, 2.45) is 4.99 Å². The van der Waals surface area contributed by atoms with Gasteiger partial charge in [-0.3, -0.25) is 9.69 Å². The van der Waals surface area contributed by atoms with E-state index in [0.717, 1.165) is 26.1 Å². The van der Waals surface area contributed by atoms with E-state index >= 15 is 4.39 Å². The molecule has 1 atom stereocenters. The topological polar surface area (TPSA) is 65.5 Å². The number of hydrogen-bond acceptors (Lipinski definition) is 7. The van der Waals surface area contributed by atoms with E-state index in [1.165, 1.54) is 23.4 Å². The second-order valence-electron chi connectivity index (χ2n) is 9.77. The van der Waals surface area contributed by atoms with E-state index in [1.807, 2.05) is 21.3 Å². The Kier molecular flexibility index (Phi) is 8.47. The van der Waals surface area contributed by atoms with Gasteiger partial charge in [0, 0.05) is 44.0 Å². The molecule has 7 nitrogen and oxygen atoms in total. The van der Waals surface area contributed by atoms with Crippen LogP contribution < -0.4 is 0 Å². The predicted molar refractivity (Wildman–Crippen MR) is 151 cm³/mol. The molecule has 0 saturated carbocycles. The summed E-state index contributed by atoms with van der Waals surface area (Å²) in [6.45, 7) is 7.63. The number of aliphatic imine (C=N–C) groups is 1. The molecular weight excluding hydrogens is 515 g/mol. The van der Waals surface area contributed by atoms with Gasteiger partial charge in [-0.1, -0.05) is 60.3 Å². The van der Waals surface area contributed by atoms with Gasteiger partial charge in [-0.15, -0.1) is 0 Å². The third-order valence-electron chi connectivity index (χ3n) is 7.31. The molecule has 0 N–H and O–H groups in total. The van der Waals surface area contributed by atoms with Crippen molar-refractivity contribution in [3.8, 4) is 0 Å². The largest absolute Gasteiger partial charge is 0.463 e. The first-order valence-electron chi connectivity index (χ1n) is 13.4. The lowest BCUT2D eigenvalue weighted by molar-refractivity contribution is -0.139. The van der Waals surface area contributed by atoms with E-state index in [1.54, 1.807) is 32.0 Å². The van der Waals surface area contributed by atoms with Crippen LogP contribution in [0.15, 0.2) is 82.0 Å². The Morgan fingerprint density at radius 2 is 1.77 bits per heavy atom. The second kappa shape index (κ2) is 12.2. The summed E-state index contributed by atoms with van der Waals surface area (Å²) < 4.78 is 20.5. The second-order valence-corrected chi connectivity index (χ2v) is 10.6. The van der Waals surface area contributed by atoms with Gasteiger partial charge in [0.2, 0.25) is 5.91 Å². The number of fused-ring (bicyclic) bond motifs is 1. The number of ether oxygens (including phenoxy) is 1. The SMILES string of the molecule is CCOC(=O)C1=C(C)N=C2SC=C(CC(=O)N3CCN(CCc4ccccc4)CC3)N2C1c1ccccc1F. The van der Waals surface area contributed by atoms with Crippen LogP contribution in [0, 0.1) is 5.82 Å². The third-order valence-corrected chi connectivity index (χ3v) is 8.20. The lowest BCUT2D eigenvalue weighted by Crippen LogP contribution is -2.49. The first-order chi connectivity index (χ1) is 19.0. The molecule has 9 heteroatoms. The fourth-order valence-corrected chi connectivity index (χ4v) is 6.21. The fraction of sp³-hybridized carbons (Fsp3) is 0.367. The number of rotatable bonds is 8. The number of halogens is 1. The number of amides is 1. The standard InChI is InChI=1S/C30H33FN4O3S/c1-3-38-29(37)27-21(2)32-30-35(28(27)24-11-7-8-12-25(24)31)23(20-39-30)19-26(36)34-17-15-33(16-18-34)14-13-22-9-5-4-6-10-22/h4-12,20,28H,3,13-19H2,1-2H3. The first kappa shape index (κ1) is 27.1. The summed E-state index contributed by atoms with van der Waals surface area (Å²) in [6.07, 6.45) is 1.14. The third kappa shape index (κ3) is 5.94. The van der Waals surface area contributed by atoms with Crippen LogP contribution in [0.2, 0.25) is 0 Å². The molecule has 0 radical (unpaired) electrons. The Balaban J connectivity index is 1.28. The zero-order valence-corrected chi connectivity index (χ0v) is 23.1. The molecule has 1 fully saturated rings. The highest BCUT2D eigenvalue weighted by Gasteiger charge is 2.42. The van der Waals surface area contributed by atoms with Gasteiger partial charge in [-0.05, 0) is 37.3 Å². The monoisotopic (exact) mass is 548 g/mol. The van der Waals surface area contributed by atoms with Crippen molar-refractivity contribution in [1.29, 1.82) is 0 Å². The van der Waals surface area contributed by atoms with E-state index in [4.69, 9.17) is 4.74 Å². The van der Waals surface area contributed by atoms with Crippen molar-refractivity contribution in [1.82, 2.24) is 14.7 Å². The van der Waals surface area contributed by atoms with E-state index in [9.17, 15) is 9.59 Å². The van der Waals surface area contributed by atoms with Crippen LogP contribution in [0.25, 0.3) is 0 Å². The average molecular weight is 549 g/mol. The molecule has 3 aliphatic heterocycles. The molecule has 2 aromatic carbocycles. The molecule has 0 bridgehead atoms. The summed E-state index contributed by atoms with van der Waals surface area (Å²) >= 11 is 1.39. The zero-order valence-electron chi connectivity index (χ0n) is 22.3. The van der Waals surface area contributed by atoms with Crippen molar-refractivity contribution in [2.45, 2.75) is 32.7 Å². The van der Waals surface area contributed by atoms with Gasteiger partial charge in [0.25, 0.3) is 0 Å². The number of hydrogen-bond donors (Lipinski definition) is 0. The molecule has 2 aromatic rings. The summed E-state index contributed by atoms with van der Waals surface area (Å²) in [5, 5.41) is 2.52. The molecule has 0 spiro atoms. The summed E-state index contributed by atoms with van der Waals surface area (Å²) in [4.78, 5) is 37.2. The van der Waals surface area contributed by atoms with Crippen LogP contribution >= 0.6 is 11.8 Å². The van der Waals surface area contributed by atoms with Gasteiger partial charge in [-0.25, -0.2) is 14.2 Å². The Hall–Kier alpha value is -3.43. The van der Waals surface area contributed by atoms with E-state index in [-0.39, 0.29) is 18.9 Å². The van der Waals surface area contributed by atoms with Gasteiger partial charge < -0.3 is 14.5 Å². The molecule has 39 heavy (non-hydrogen) atoms. The normalized spacial score (nSPS) is 19.5. The lowest BCUT2D eigenvalue weighted by atomic mass is 9.93. The number of amidine groups is 1. The minimum absolute atomic E-state index is 0.0158. The van der Waals surface area contributed by atoms with Crippen molar-refractivity contribution in [3.63, 3.8) is 0 Å². The smallest absolute Gasteiger partial charge is 0.338 e. The lowest BCUT2D eigenvalue weighted by Gasteiger charge is -2.38. The quantitative estimate of drug-likeness (QED) is 0.444. The predicted octanol–water partition coefficient (Wildman–Crippen LogP) is 4.74. The molecule has 0 aromatic heterocycles. The highest BCUT2D eigenvalue weighted by molar-refractivity contribution is 8.16. The van der Waals surface area contributed by atoms with Crippen LogP contribution in [0.5, 0.6) is 0 Å². The molecule has 1 saturated heterocycles. The number of piperazine rings is 1. The molecule has 0 aliphatic carbocycles. The Labute approximate surface area is 233 Å². The van der Waals surface area contributed by atoms with Crippen molar-refractivity contribution >= 4 is 28.8 Å². The number of allylic oxidation sites excluding steroid dienone is 1. The van der Waals surface area contributed by atoms with E-state index < -0.39 is 17.8 Å². The van der Waals surface area contributed by atoms with Gasteiger partial charge in [0.1, 0.15) is 5.82 Å². The van der Waals surface area contributed by atoms with Gasteiger partial charge >= 0.3 is 5.97 Å². The van der Waals surface area contributed by atoms with Gasteiger partial charge in [-0.2, -0.15) is 0 Å². The Bertz CT molecular complexity index is 1320. The highest BCUT2D eigenvalue weighted by Crippen LogP contribution is 2.45. The zero-order chi connectivity index (χ0) is 27.4. The Morgan fingerprint density at radius 1 is 1.05 bits per heavy atom.